The first-order valence-corrected chi connectivity index (χ1v) is 10.3. The van der Waals surface area contributed by atoms with Gasteiger partial charge < -0.3 is 10.2 Å². The average Bonchev–Trinajstić information content (AvgIpc) is 2.90. The first-order chi connectivity index (χ1) is 15.7. The number of carbonyl (C=O) groups is 2. The third-order valence-electron chi connectivity index (χ3n) is 5.00. The number of nitrogens with zero attached hydrogens (tertiary/aromatic N) is 2. The lowest BCUT2D eigenvalue weighted by molar-refractivity contribution is -0.137. The zero-order chi connectivity index (χ0) is 23.6. The Hall–Kier alpha value is -3.65. The molecule has 0 saturated heterocycles. The number of fused-ring (bicyclic) bond motifs is 1. The predicted molar refractivity (Wildman–Crippen MR) is 121 cm³/mol. The number of halogens is 4. The summed E-state index contributed by atoms with van der Waals surface area (Å²) in [7, 11) is 0. The van der Waals surface area contributed by atoms with Gasteiger partial charge in [-0.25, -0.2) is 0 Å². The molecule has 1 aliphatic heterocycles. The quantitative estimate of drug-likeness (QED) is 0.518. The van der Waals surface area contributed by atoms with Crippen LogP contribution in [0.15, 0.2) is 77.8 Å². The molecule has 0 aliphatic carbocycles. The number of alkyl halides is 3. The van der Waals surface area contributed by atoms with E-state index in [-0.39, 0.29) is 24.6 Å². The lowest BCUT2D eigenvalue weighted by Gasteiger charge is -2.22. The van der Waals surface area contributed by atoms with Crippen LogP contribution in [-0.4, -0.2) is 24.1 Å². The van der Waals surface area contributed by atoms with Gasteiger partial charge in [0.1, 0.15) is 6.54 Å². The summed E-state index contributed by atoms with van der Waals surface area (Å²) < 4.78 is 38.9. The molecule has 0 aromatic heterocycles. The average molecular weight is 472 g/mol. The second kappa shape index (κ2) is 9.07. The van der Waals surface area contributed by atoms with Crippen molar-refractivity contribution in [1.82, 2.24) is 0 Å². The Morgan fingerprint density at radius 2 is 1.76 bits per heavy atom. The maximum Gasteiger partial charge on any atom is 0.416 e. The molecule has 9 heteroatoms. The summed E-state index contributed by atoms with van der Waals surface area (Å²) in [4.78, 5) is 31.7. The highest BCUT2D eigenvalue weighted by molar-refractivity contribution is 6.30. The van der Waals surface area contributed by atoms with Gasteiger partial charge >= 0.3 is 6.18 Å². The fourth-order valence-electron chi connectivity index (χ4n) is 3.44. The number of anilines is 2. The Morgan fingerprint density at radius 3 is 2.48 bits per heavy atom. The molecule has 1 heterocycles. The predicted octanol–water partition coefficient (Wildman–Crippen LogP) is 5.86. The topological polar surface area (TPSA) is 61.8 Å². The van der Waals surface area contributed by atoms with E-state index in [0.29, 0.717) is 22.1 Å². The molecule has 4 rings (SSSR count). The van der Waals surface area contributed by atoms with Gasteiger partial charge in [-0.1, -0.05) is 41.9 Å². The van der Waals surface area contributed by atoms with Gasteiger partial charge in [0.05, 0.1) is 29.1 Å². The third kappa shape index (κ3) is 5.23. The fraction of sp³-hybridized carbons (Fsp3) is 0.125. The molecule has 0 radical (unpaired) electrons. The van der Waals surface area contributed by atoms with Crippen LogP contribution in [0.3, 0.4) is 0 Å². The molecule has 0 atom stereocenters. The van der Waals surface area contributed by atoms with Crippen molar-refractivity contribution in [1.29, 1.82) is 0 Å². The Morgan fingerprint density at radius 1 is 1.03 bits per heavy atom. The highest BCUT2D eigenvalue weighted by Gasteiger charge is 2.31. The lowest BCUT2D eigenvalue weighted by Crippen LogP contribution is -2.38. The van der Waals surface area contributed by atoms with Crippen molar-refractivity contribution in [2.24, 2.45) is 4.99 Å². The second-order valence-electron chi connectivity index (χ2n) is 7.34. The van der Waals surface area contributed by atoms with Crippen molar-refractivity contribution in [2.45, 2.75) is 12.6 Å². The minimum atomic E-state index is -4.53. The molecule has 2 amide bonds. The molecule has 1 aliphatic rings. The standard InChI is InChI=1S/C24H17ClF3N3O2/c25-17-10-8-15(9-11-17)20-13-23(33)31(21-7-2-1-6-19(21)30-20)14-22(32)29-18-5-3-4-16(12-18)24(26,27)28/h1-12H,13-14H2,(H,29,32). The number of aliphatic imine (C=N–C) groups is 1. The molecule has 3 aromatic rings. The first kappa shape index (κ1) is 22.5. The summed E-state index contributed by atoms with van der Waals surface area (Å²) in [5, 5.41) is 2.99. The van der Waals surface area contributed by atoms with Gasteiger partial charge in [-0.15, -0.1) is 0 Å². The van der Waals surface area contributed by atoms with Crippen molar-refractivity contribution in [3.05, 3.63) is 88.9 Å². The monoisotopic (exact) mass is 471 g/mol. The van der Waals surface area contributed by atoms with E-state index >= 15 is 0 Å². The van der Waals surface area contributed by atoms with E-state index in [2.05, 4.69) is 10.3 Å². The summed E-state index contributed by atoms with van der Waals surface area (Å²) in [6, 6.07) is 18.1. The maximum absolute atomic E-state index is 13.1. The maximum atomic E-state index is 13.1. The summed E-state index contributed by atoms with van der Waals surface area (Å²) in [5.74, 6) is -1.000. The Bertz CT molecular complexity index is 1240. The van der Waals surface area contributed by atoms with Crippen molar-refractivity contribution < 1.29 is 22.8 Å². The summed E-state index contributed by atoms with van der Waals surface area (Å²) in [5.41, 5.74) is 1.29. The van der Waals surface area contributed by atoms with Gasteiger partial charge in [0.2, 0.25) is 11.8 Å². The molecule has 0 spiro atoms. The van der Waals surface area contributed by atoms with E-state index in [1.165, 1.54) is 17.0 Å². The van der Waals surface area contributed by atoms with E-state index in [1.807, 2.05) is 0 Å². The molecule has 0 bridgehead atoms. The van der Waals surface area contributed by atoms with E-state index < -0.39 is 17.6 Å². The first-order valence-electron chi connectivity index (χ1n) is 9.91. The molecule has 168 valence electrons. The molecule has 0 saturated carbocycles. The van der Waals surface area contributed by atoms with Crippen LogP contribution in [-0.2, 0) is 15.8 Å². The molecular formula is C24H17ClF3N3O2. The molecule has 3 aromatic carbocycles. The number of benzene rings is 3. The summed E-state index contributed by atoms with van der Waals surface area (Å²) in [6.45, 7) is -0.379. The third-order valence-corrected chi connectivity index (χ3v) is 5.25. The van der Waals surface area contributed by atoms with Gasteiger partial charge in [-0.3, -0.25) is 14.6 Å². The molecule has 1 N–H and O–H groups in total. The molecule has 5 nitrogen and oxygen atoms in total. The highest BCUT2D eigenvalue weighted by atomic mass is 35.5. The van der Waals surface area contributed by atoms with Gasteiger partial charge in [0.25, 0.3) is 0 Å². The van der Waals surface area contributed by atoms with Gasteiger partial charge in [-0.2, -0.15) is 13.2 Å². The number of carbonyl (C=O) groups excluding carboxylic acids is 2. The van der Waals surface area contributed by atoms with E-state index in [4.69, 9.17) is 11.6 Å². The molecule has 33 heavy (non-hydrogen) atoms. The van der Waals surface area contributed by atoms with Crippen molar-refractivity contribution >= 4 is 46.2 Å². The Labute approximate surface area is 192 Å². The van der Waals surface area contributed by atoms with Crippen LogP contribution in [0.2, 0.25) is 5.02 Å². The number of hydrogen-bond acceptors (Lipinski definition) is 3. The van der Waals surface area contributed by atoms with Gasteiger partial charge in [-0.05, 0) is 48.0 Å². The molecule has 0 fully saturated rings. The van der Waals surface area contributed by atoms with Crippen LogP contribution >= 0.6 is 11.6 Å². The fourth-order valence-corrected chi connectivity index (χ4v) is 3.57. The van der Waals surface area contributed by atoms with E-state index in [9.17, 15) is 22.8 Å². The van der Waals surface area contributed by atoms with Crippen molar-refractivity contribution in [2.75, 3.05) is 16.8 Å². The van der Waals surface area contributed by atoms with Crippen molar-refractivity contribution in [3.8, 4) is 0 Å². The van der Waals surface area contributed by atoms with Crippen LogP contribution in [0.4, 0.5) is 30.2 Å². The zero-order valence-corrected chi connectivity index (χ0v) is 17.8. The number of rotatable bonds is 4. The Kier molecular flexibility index (Phi) is 6.20. The second-order valence-corrected chi connectivity index (χ2v) is 7.77. The van der Waals surface area contributed by atoms with Crippen LogP contribution in [0, 0.1) is 0 Å². The van der Waals surface area contributed by atoms with Crippen molar-refractivity contribution in [3.63, 3.8) is 0 Å². The Balaban J connectivity index is 1.58. The minimum Gasteiger partial charge on any atom is -0.325 e. The van der Waals surface area contributed by atoms with Crippen LogP contribution in [0.1, 0.15) is 17.5 Å². The SMILES string of the molecule is O=C(CN1C(=O)CC(c2ccc(Cl)cc2)=Nc2ccccc21)Nc1cccc(C(F)(F)F)c1. The molecular weight excluding hydrogens is 455 g/mol. The highest BCUT2D eigenvalue weighted by Crippen LogP contribution is 2.33. The van der Waals surface area contributed by atoms with Crippen LogP contribution in [0.5, 0.6) is 0 Å². The largest absolute Gasteiger partial charge is 0.416 e. The molecule has 0 unspecified atom stereocenters. The van der Waals surface area contributed by atoms with Gasteiger partial charge in [0.15, 0.2) is 0 Å². The number of nitrogens with one attached hydrogen (secondary N) is 1. The van der Waals surface area contributed by atoms with Crippen LogP contribution < -0.4 is 10.2 Å². The zero-order valence-electron chi connectivity index (χ0n) is 17.1. The van der Waals surface area contributed by atoms with Crippen LogP contribution in [0.25, 0.3) is 0 Å². The summed E-state index contributed by atoms with van der Waals surface area (Å²) in [6.07, 6.45) is -4.59. The number of para-hydroxylation sites is 2. The normalized spacial score (nSPS) is 13.8. The minimum absolute atomic E-state index is 0.0107. The van der Waals surface area contributed by atoms with E-state index in [0.717, 1.165) is 17.7 Å². The van der Waals surface area contributed by atoms with E-state index in [1.54, 1.807) is 48.5 Å². The number of hydrogen-bond donors (Lipinski definition) is 1. The lowest BCUT2D eigenvalue weighted by atomic mass is 10.1. The smallest absolute Gasteiger partial charge is 0.325 e. The summed E-state index contributed by atoms with van der Waals surface area (Å²) >= 11 is 5.95. The van der Waals surface area contributed by atoms with Gasteiger partial charge in [0, 0.05) is 10.7 Å². The number of amides is 2.